The molecule has 0 bridgehead atoms. The lowest BCUT2D eigenvalue weighted by Crippen LogP contribution is -2.15. The third kappa shape index (κ3) is 3.54. The Bertz CT molecular complexity index is 1210. The van der Waals surface area contributed by atoms with Crippen LogP contribution in [-0.4, -0.2) is 15.3 Å². The van der Waals surface area contributed by atoms with Gasteiger partial charge < -0.3 is 4.42 Å². The number of hydrogen-bond acceptors (Lipinski definition) is 7. The molecule has 27 heavy (non-hydrogen) atoms. The van der Waals surface area contributed by atoms with Crippen molar-refractivity contribution in [1.29, 1.82) is 0 Å². The van der Waals surface area contributed by atoms with E-state index in [0.717, 1.165) is 33.3 Å². The lowest BCUT2D eigenvalue weighted by atomic mass is 10.1. The number of aryl methyl sites for hydroxylation is 2. The number of hydrogen-bond donors (Lipinski definition) is 1. The summed E-state index contributed by atoms with van der Waals surface area (Å²) in [6.07, 6.45) is 0.820. The van der Waals surface area contributed by atoms with E-state index in [-0.39, 0.29) is 11.2 Å². The summed E-state index contributed by atoms with van der Waals surface area (Å²) in [5, 5.41) is 3.47. The summed E-state index contributed by atoms with van der Waals surface area (Å²) in [5.41, 5.74) is 1.18. The van der Waals surface area contributed by atoms with Gasteiger partial charge in [0, 0.05) is 22.5 Å². The normalized spacial score (nSPS) is 11.0. The number of nitrogens with one attached hydrogen (secondary N) is 1. The second kappa shape index (κ2) is 7.05. The number of amides is 1. The summed E-state index contributed by atoms with van der Waals surface area (Å²) in [6.45, 7) is 4.02. The fourth-order valence-corrected chi connectivity index (χ4v) is 4.06. The maximum Gasteiger partial charge on any atom is 0.293 e. The Morgan fingerprint density at radius 1 is 1.22 bits per heavy atom. The van der Waals surface area contributed by atoms with Crippen LogP contribution in [0.3, 0.4) is 0 Å². The van der Waals surface area contributed by atoms with E-state index in [2.05, 4.69) is 14.7 Å². The molecule has 1 N–H and O–H groups in total. The molecule has 0 aliphatic heterocycles. The molecule has 0 aliphatic carbocycles. The smallest absolute Gasteiger partial charge is 0.293 e. The van der Waals surface area contributed by atoms with Crippen LogP contribution >= 0.6 is 22.9 Å². The fraction of sp³-hybridized carbons (Fsp3) is 0.158. The molecular formula is C19H15N3O3S2. The average molecular weight is 397 g/mol. The first-order chi connectivity index (χ1) is 13.0. The first kappa shape index (κ1) is 17.6. The molecule has 0 spiro atoms. The highest BCUT2D eigenvalue weighted by molar-refractivity contribution is 7.15. The summed E-state index contributed by atoms with van der Waals surface area (Å²) in [5.74, 6) is -0.0143. The van der Waals surface area contributed by atoms with Crippen molar-refractivity contribution < 1.29 is 9.21 Å². The molecule has 3 heterocycles. The topological polar surface area (TPSA) is 85.1 Å². The third-order valence-electron chi connectivity index (χ3n) is 4.03. The molecule has 136 valence electrons. The fourth-order valence-electron chi connectivity index (χ4n) is 2.62. The Labute approximate surface area is 162 Å². The molecule has 4 aromatic rings. The molecule has 0 atom stereocenters. The van der Waals surface area contributed by atoms with Crippen molar-refractivity contribution in [3.63, 3.8) is 0 Å². The molecule has 1 aromatic carbocycles. The Hall–Kier alpha value is -2.84. The molecule has 0 unspecified atom stereocenters. The van der Waals surface area contributed by atoms with Gasteiger partial charge in [0.2, 0.25) is 5.13 Å². The van der Waals surface area contributed by atoms with Gasteiger partial charge >= 0.3 is 0 Å². The predicted octanol–water partition coefficient (Wildman–Crippen LogP) is 4.50. The van der Waals surface area contributed by atoms with Crippen LogP contribution in [-0.2, 0) is 6.42 Å². The van der Waals surface area contributed by atoms with Crippen molar-refractivity contribution >= 4 is 44.9 Å². The van der Waals surface area contributed by atoms with Crippen molar-refractivity contribution in [2.45, 2.75) is 20.3 Å². The van der Waals surface area contributed by atoms with E-state index in [1.165, 1.54) is 6.07 Å². The second-order valence-electron chi connectivity index (χ2n) is 5.95. The monoisotopic (exact) mass is 397 g/mol. The van der Waals surface area contributed by atoms with E-state index < -0.39 is 5.91 Å². The molecule has 0 aliphatic rings. The number of aromatic nitrogens is 2. The van der Waals surface area contributed by atoms with E-state index >= 15 is 0 Å². The van der Waals surface area contributed by atoms with Crippen LogP contribution in [0.1, 0.15) is 27.9 Å². The predicted molar refractivity (Wildman–Crippen MR) is 108 cm³/mol. The number of rotatable bonds is 4. The van der Waals surface area contributed by atoms with Crippen LogP contribution in [0.5, 0.6) is 0 Å². The van der Waals surface area contributed by atoms with Gasteiger partial charge in [-0.2, -0.15) is 9.36 Å². The van der Waals surface area contributed by atoms with Crippen molar-refractivity contribution in [3.8, 4) is 10.7 Å². The quantitative estimate of drug-likeness (QED) is 0.548. The summed E-state index contributed by atoms with van der Waals surface area (Å²) in [4.78, 5) is 31.3. The number of thiophene rings is 1. The molecule has 0 fully saturated rings. The van der Waals surface area contributed by atoms with Gasteiger partial charge in [-0.25, -0.2) is 0 Å². The van der Waals surface area contributed by atoms with Crippen molar-refractivity contribution in [2.75, 3.05) is 5.32 Å². The first-order valence-electron chi connectivity index (χ1n) is 8.32. The van der Waals surface area contributed by atoms with Gasteiger partial charge in [-0.05, 0) is 43.2 Å². The molecule has 0 saturated heterocycles. The van der Waals surface area contributed by atoms with E-state index in [1.54, 1.807) is 23.5 Å². The van der Waals surface area contributed by atoms with Crippen LogP contribution in [0, 0.1) is 6.92 Å². The number of carbonyl (C=O) groups excluding carboxylic acids is 1. The number of anilines is 1. The van der Waals surface area contributed by atoms with Crippen LogP contribution in [0.25, 0.3) is 21.7 Å². The van der Waals surface area contributed by atoms with Gasteiger partial charge in [-0.3, -0.25) is 14.9 Å². The van der Waals surface area contributed by atoms with Gasteiger partial charge in [0.25, 0.3) is 5.91 Å². The zero-order valence-corrected chi connectivity index (χ0v) is 16.2. The maximum absolute atomic E-state index is 12.5. The first-order valence-corrected chi connectivity index (χ1v) is 9.91. The molecular weight excluding hydrogens is 382 g/mol. The van der Waals surface area contributed by atoms with Crippen LogP contribution in [0.15, 0.2) is 45.6 Å². The minimum absolute atomic E-state index is 0.0551. The van der Waals surface area contributed by atoms with Crippen LogP contribution in [0.4, 0.5) is 5.13 Å². The van der Waals surface area contributed by atoms with Crippen LogP contribution < -0.4 is 10.7 Å². The van der Waals surface area contributed by atoms with Gasteiger partial charge in [0.1, 0.15) is 5.58 Å². The zero-order valence-electron chi connectivity index (χ0n) is 14.6. The molecule has 0 saturated carbocycles. The van der Waals surface area contributed by atoms with Crippen molar-refractivity contribution in [1.82, 2.24) is 9.36 Å². The molecule has 3 aromatic heterocycles. The maximum atomic E-state index is 12.5. The molecule has 1 amide bonds. The minimum Gasteiger partial charge on any atom is -0.451 e. The van der Waals surface area contributed by atoms with E-state index in [0.29, 0.717) is 21.9 Å². The minimum atomic E-state index is -0.529. The van der Waals surface area contributed by atoms with E-state index in [4.69, 9.17) is 4.42 Å². The lowest BCUT2D eigenvalue weighted by molar-refractivity contribution is 0.0997. The SMILES string of the molecule is CCc1ccc2oc(C(=O)Nc3nc(-c4ccc(C)s4)ns3)cc(=O)c2c1. The highest BCUT2D eigenvalue weighted by atomic mass is 32.1. The van der Waals surface area contributed by atoms with E-state index in [1.807, 2.05) is 32.0 Å². The van der Waals surface area contributed by atoms with Crippen molar-refractivity contribution in [3.05, 3.63) is 62.8 Å². The van der Waals surface area contributed by atoms with Crippen LogP contribution in [0.2, 0.25) is 0 Å². The Morgan fingerprint density at radius 2 is 2.07 bits per heavy atom. The summed E-state index contributed by atoms with van der Waals surface area (Å²) in [7, 11) is 0. The third-order valence-corrected chi connectivity index (χ3v) is 5.66. The highest BCUT2D eigenvalue weighted by Gasteiger charge is 2.16. The van der Waals surface area contributed by atoms with Gasteiger partial charge in [-0.1, -0.05) is 13.0 Å². The number of benzene rings is 1. The largest absolute Gasteiger partial charge is 0.451 e. The summed E-state index contributed by atoms with van der Waals surface area (Å²) in [6, 6.07) is 10.5. The molecule has 6 nitrogen and oxygen atoms in total. The Kier molecular flexibility index (Phi) is 4.59. The van der Waals surface area contributed by atoms with Gasteiger partial charge in [0.05, 0.1) is 10.3 Å². The van der Waals surface area contributed by atoms with Gasteiger partial charge in [-0.15, -0.1) is 11.3 Å². The highest BCUT2D eigenvalue weighted by Crippen LogP contribution is 2.28. The Morgan fingerprint density at radius 3 is 2.81 bits per heavy atom. The summed E-state index contributed by atoms with van der Waals surface area (Å²) < 4.78 is 9.88. The number of fused-ring (bicyclic) bond motifs is 1. The number of nitrogens with zero attached hydrogens (tertiary/aromatic N) is 2. The molecule has 4 rings (SSSR count). The number of carbonyl (C=O) groups is 1. The van der Waals surface area contributed by atoms with Crippen molar-refractivity contribution in [2.24, 2.45) is 0 Å². The standard InChI is InChI=1S/C19H15N3O3S2/c1-3-11-5-6-14-12(8-11)13(23)9-15(25-14)18(24)21-19-20-17(22-27-19)16-7-4-10(2)26-16/h4-9H,3H2,1-2H3,(H,20,21,22,24). The molecule has 0 radical (unpaired) electrons. The molecule has 8 heteroatoms. The lowest BCUT2D eigenvalue weighted by Gasteiger charge is -2.04. The Balaban J connectivity index is 1.60. The van der Waals surface area contributed by atoms with Gasteiger partial charge in [0.15, 0.2) is 17.0 Å². The second-order valence-corrected chi connectivity index (χ2v) is 7.99. The summed E-state index contributed by atoms with van der Waals surface area (Å²) >= 11 is 2.67. The zero-order chi connectivity index (χ0) is 19.0. The average Bonchev–Trinajstić information content (AvgIpc) is 3.30. The van der Waals surface area contributed by atoms with E-state index in [9.17, 15) is 9.59 Å².